The minimum absolute atomic E-state index is 0.491. The summed E-state index contributed by atoms with van der Waals surface area (Å²) in [5.74, 6) is -0.669. The molecule has 0 fully saturated rings. The van der Waals surface area contributed by atoms with Crippen molar-refractivity contribution >= 4 is 16.8 Å². The summed E-state index contributed by atoms with van der Waals surface area (Å²) in [7, 11) is -1.70. The van der Waals surface area contributed by atoms with E-state index >= 15 is 0 Å². The van der Waals surface area contributed by atoms with E-state index in [4.69, 9.17) is 4.74 Å². The molecule has 0 saturated carbocycles. The van der Waals surface area contributed by atoms with Gasteiger partial charge >= 0.3 is 5.97 Å². The van der Waals surface area contributed by atoms with Crippen LogP contribution < -0.4 is 0 Å². The Labute approximate surface area is 134 Å². The zero-order valence-corrected chi connectivity index (χ0v) is 14.5. The second-order valence-electron chi connectivity index (χ2n) is 6.08. The molecule has 1 aromatic rings. The van der Waals surface area contributed by atoms with E-state index in [0.717, 1.165) is 5.56 Å². The van der Waals surface area contributed by atoms with E-state index < -0.39 is 33.7 Å². The smallest absolute Gasteiger partial charge is 0.325 e. The second-order valence-corrected chi connectivity index (χ2v) is 7.65. The zero-order chi connectivity index (χ0) is 16.9. The molecule has 3 atom stereocenters. The van der Waals surface area contributed by atoms with Gasteiger partial charge < -0.3 is 9.84 Å². The molecule has 0 amide bonds. The number of esters is 1. The average Bonchev–Trinajstić information content (AvgIpc) is 2.37. The predicted octanol–water partition coefficient (Wildman–Crippen LogP) is 2.75. The van der Waals surface area contributed by atoms with E-state index in [0.29, 0.717) is 4.90 Å². The Kier molecular flexibility index (Phi) is 6.50. The summed E-state index contributed by atoms with van der Waals surface area (Å²) >= 11 is 0. The van der Waals surface area contributed by atoms with Crippen LogP contribution in [0.25, 0.3) is 0 Å². The standard InChI is InChI=1S/C17H24O4S/c1-6-7-14(18)15(16(19)21-17(3,4)5)22(20)13-10-8-12(2)9-11-13/h6-11,14-15,18H,1-5H3/b7-6+/t14-,15+,22?/m1/s1. The van der Waals surface area contributed by atoms with Crippen molar-refractivity contribution in [3.05, 3.63) is 42.0 Å². The molecule has 122 valence electrons. The number of hydrogen-bond acceptors (Lipinski definition) is 4. The Morgan fingerprint density at radius 2 is 1.82 bits per heavy atom. The van der Waals surface area contributed by atoms with Gasteiger partial charge in [0.15, 0.2) is 5.25 Å². The Bertz CT molecular complexity index is 555. The first-order valence-electron chi connectivity index (χ1n) is 7.16. The van der Waals surface area contributed by atoms with Gasteiger partial charge in [-0.3, -0.25) is 9.00 Å². The quantitative estimate of drug-likeness (QED) is 0.668. The Hall–Kier alpha value is -1.46. The van der Waals surface area contributed by atoms with Crippen molar-refractivity contribution in [1.82, 2.24) is 0 Å². The molecule has 1 aromatic carbocycles. The lowest BCUT2D eigenvalue weighted by Gasteiger charge is -2.25. The van der Waals surface area contributed by atoms with Crippen LogP contribution >= 0.6 is 0 Å². The topological polar surface area (TPSA) is 63.6 Å². The number of ether oxygens (including phenoxy) is 1. The number of allylic oxidation sites excluding steroid dienone is 1. The van der Waals surface area contributed by atoms with Crippen LogP contribution in [0, 0.1) is 6.92 Å². The lowest BCUT2D eigenvalue weighted by Crippen LogP contribution is -2.41. The molecule has 0 aliphatic heterocycles. The summed E-state index contributed by atoms with van der Waals surface area (Å²) in [5, 5.41) is 9.03. The highest BCUT2D eigenvalue weighted by atomic mass is 32.2. The third kappa shape index (κ3) is 5.39. The van der Waals surface area contributed by atoms with E-state index in [1.54, 1.807) is 45.9 Å². The first-order valence-corrected chi connectivity index (χ1v) is 8.38. The number of aliphatic hydroxyl groups is 1. The van der Waals surface area contributed by atoms with Gasteiger partial charge in [0.1, 0.15) is 5.60 Å². The highest BCUT2D eigenvalue weighted by Gasteiger charge is 2.35. The molecule has 0 radical (unpaired) electrons. The summed E-state index contributed by atoms with van der Waals surface area (Å²) in [6.45, 7) is 8.85. The third-order valence-electron chi connectivity index (χ3n) is 2.82. The highest BCUT2D eigenvalue weighted by molar-refractivity contribution is 7.86. The molecule has 4 nitrogen and oxygen atoms in total. The van der Waals surface area contributed by atoms with Crippen molar-refractivity contribution in [2.75, 3.05) is 0 Å². The number of benzene rings is 1. The fourth-order valence-corrected chi connectivity index (χ4v) is 3.09. The molecule has 0 aliphatic rings. The fraction of sp³-hybridized carbons (Fsp3) is 0.471. The van der Waals surface area contributed by atoms with Crippen LogP contribution in [0.15, 0.2) is 41.3 Å². The number of hydrogen-bond donors (Lipinski definition) is 1. The molecule has 22 heavy (non-hydrogen) atoms. The molecule has 0 spiro atoms. The van der Waals surface area contributed by atoms with Gasteiger partial charge in [-0.15, -0.1) is 0 Å². The molecule has 1 unspecified atom stereocenters. The van der Waals surface area contributed by atoms with E-state index in [9.17, 15) is 14.1 Å². The maximum absolute atomic E-state index is 12.7. The summed E-state index contributed by atoms with van der Waals surface area (Å²) < 4.78 is 18.0. The maximum atomic E-state index is 12.7. The summed E-state index contributed by atoms with van der Waals surface area (Å²) in [5.41, 5.74) is 0.325. The first kappa shape index (κ1) is 18.6. The van der Waals surface area contributed by atoms with Crippen LogP contribution in [0.5, 0.6) is 0 Å². The summed E-state index contributed by atoms with van der Waals surface area (Å²) in [6, 6.07) is 7.04. The van der Waals surface area contributed by atoms with Gasteiger partial charge in [-0.1, -0.05) is 29.8 Å². The molecule has 5 heteroatoms. The largest absolute Gasteiger partial charge is 0.459 e. The maximum Gasteiger partial charge on any atom is 0.325 e. The van der Waals surface area contributed by atoms with Crippen molar-refractivity contribution in [3.8, 4) is 0 Å². The number of carbonyl (C=O) groups excluding carboxylic acids is 1. The van der Waals surface area contributed by atoms with Crippen LogP contribution in [-0.2, 0) is 20.3 Å². The van der Waals surface area contributed by atoms with Crippen LogP contribution in [-0.4, -0.2) is 32.2 Å². The van der Waals surface area contributed by atoms with E-state index in [-0.39, 0.29) is 0 Å². The van der Waals surface area contributed by atoms with Crippen molar-refractivity contribution < 1.29 is 18.8 Å². The lowest BCUT2D eigenvalue weighted by molar-refractivity contribution is -0.155. The number of aliphatic hydroxyl groups excluding tert-OH is 1. The fourth-order valence-electron chi connectivity index (χ4n) is 1.83. The number of carbonyl (C=O) groups is 1. The predicted molar refractivity (Wildman–Crippen MR) is 88.0 cm³/mol. The Morgan fingerprint density at radius 1 is 1.27 bits per heavy atom. The van der Waals surface area contributed by atoms with Crippen LogP contribution in [0.1, 0.15) is 33.3 Å². The van der Waals surface area contributed by atoms with Crippen molar-refractivity contribution in [1.29, 1.82) is 0 Å². The van der Waals surface area contributed by atoms with Gasteiger partial charge in [-0.2, -0.15) is 0 Å². The van der Waals surface area contributed by atoms with Crippen LogP contribution in [0.4, 0.5) is 0 Å². The third-order valence-corrected chi connectivity index (χ3v) is 4.49. The van der Waals surface area contributed by atoms with Gasteiger partial charge in [0, 0.05) is 4.90 Å². The monoisotopic (exact) mass is 324 g/mol. The van der Waals surface area contributed by atoms with E-state index in [1.807, 2.05) is 19.1 Å². The molecule has 0 heterocycles. The first-order chi connectivity index (χ1) is 10.2. The molecule has 1 rings (SSSR count). The molecule has 0 bridgehead atoms. The second kappa shape index (κ2) is 7.70. The Morgan fingerprint density at radius 3 is 2.27 bits per heavy atom. The Balaban J connectivity index is 3.11. The molecule has 0 saturated heterocycles. The normalized spacial score (nSPS) is 16.3. The van der Waals surface area contributed by atoms with Crippen LogP contribution in [0.3, 0.4) is 0 Å². The summed E-state index contributed by atoms with van der Waals surface area (Å²) in [6.07, 6.45) is 1.90. The van der Waals surface area contributed by atoms with Crippen molar-refractivity contribution in [2.24, 2.45) is 0 Å². The molecular weight excluding hydrogens is 300 g/mol. The lowest BCUT2D eigenvalue weighted by atomic mass is 10.2. The average molecular weight is 324 g/mol. The zero-order valence-electron chi connectivity index (χ0n) is 13.7. The molecule has 0 aromatic heterocycles. The minimum Gasteiger partial charge on any atom is -0.459 e. The van der Waals surface area contributed by atoms with Crippen LogP contribution in [0.2, 0.25) is 0 Å². The van der Waals surface area contributed by atoms with E-state index in [2.05, 4.69) is 0 Å². The summed E-state index contributed by atoms with van der Waals surface area (Å²) in [4.78, 5) is 12.8. The van der Waals surface area contributed by atoms with Crippen molar-refractivity contribution in [3.63, 3.8) is 0 Å². The number of rotatable bonds is 5. The van der Waals surface area contributed by atoms with Gasteiger partial charge in [0.25, 0.3) is 0 Å². The van der Waals surface area contributed by atoms with Gasteiger partial charge in [-0.25, -0.2) is 0 Å². The molecule has 0 aliphatic carbocycles. The van der Waals surface area contributed by atoms with Gasteiger partial charge in [0.05, 0.1) is 16.9 Å². The highest BCUT2D eigenvalue weighted by Crippen LogP contribution is 2.20. The van der Waals surface area contributed by atoms with Gasteiger partial charge in [0.2, 0.25) is 0 Å². The molecule has 1 N–H and O–H groups in total. The van der Waals surface area contributed by atoms with Gasteiger partial charge in [-0.05, 0) is 46.8 Å². The van der Waals surface area contributed by atoms with Crippen molar-refractivity contribution in [2.45, 2.75) is 56.5 Å². The number of aryl methyl sites for hydroxylation is 1. The minimum atomic E-state index is -1.70. The SMILES string of the molecule is C/C=C/[C@@H](O)[C@@H](C(=O)OC(C)(C)C)S(=O)c1ccc(C)cc1. The molecular formula is C17H24O4S. The van der Waals surface area contributed by atoms with E-state index in [1.165, 1.54) is 6.08 Å².